The normalized spacial score (nSPS) is 17.2. The molecule has 1 nitrogen and oxygen atoms in total. The number of rotatable bonds is 4. The van der Waals surface area contributed by atoms with Gasteiger partial charge in [0, 0.05) is 4.43 Å². The molecule has 0 bridgehead atoms. The summed E-state index contributed by atoms with van der Waals surface area (Å²) < 4.78 is 1.17. The number of hydrogen-bond donors (Lipinski definition) is 1. The van der Waals surface area contributed by atoms with Crippen LogP contribution in [0.25, 0.3) is 0 Å². The van der Waals surface area contributed by atoms with E-state index in [1.807, 2.05) is 0 Å². The average Bonchev–Trinajstić information content (AvgIpc) is 1.87. The van der Waals surface area contributed by atoms with Gasteiger partial charge in [0.05, 0.1) is 7.85 Å². The Morgan fingerprint density at radius 1 is 1.67 bits per heavy atom. The highest BCUT2D eigenvalue weighted by atomic mass is 127. The smallest absolute Gasteiger partial charge is 0.0716 e. The third-order valence-electron chi connectivity index (χ3n) is 1.27. The Bertz CT molecular complexity index is 62.1. The molecule has 0 aromatic heterocycles. The Hall–Kier alpha value is 0.755. The van der Waals surface area contributed by atoms with Gasteiger partial charge >= 0.3 is 0 Å². The lowest BCUT2D eigenvalue weighted by Crippen LogP contribution is -2.12. The Kier molecular flexibility index (Phi) is 6.00. The Morgan fingerprint density at radius 2 is 2.22 bits per heavy atom. The van der Waals surface area contributed by atoms with Gasteiger partial charge in [-0.2, -0.15) is 0 Å². The number of halogens is 1. The average molecular weight is 237 g/mol. The third kappa shape index (κ3) is 5.21. The van der Waals surface area contributed by atoms with E-state index in [2.05, 4.69) is 29.5 Å². The highest BCUT2D eigenvalue weighted by Gasteiger charge is 2.04. The first-order chi connectivity index (χ1) is 4.20. The summed E-state index contributed by atoms with van der Waals surface area (Å²) >= 11 is 2.37. The van der Waals surface area contributed by atoms with Crippen LogP contribution in [-0.2, 0) is 0 Å². The molecule has 0 aromatic carbocycles. The first-order valence-electron chi connectivity index (χ1n) is 3.22. The topological polar surface area (TPSA) is 26.0 Å². The molecule has 0 spiro atoms. The molecule has 0 aliphatic rings. The molecule has 0 amide bonds. The Labute approximate surface area is 72.3 Å². The monoisotopic (exact) mass is 237 g/mol. The van der Waals surface area contributed by atoms with Crippen LogP contribution in [0.2, 0.25) is 5.82 Å². The van der Waals surface area contributed by atoms with Gasteiger partial charge in [0.1, 0.15) is 0 Å². The van der Waals surface area contributed by atoms with E-state index in [-0.39, 0.29) is 5.82 Å². The van der Waals surface area contributed by atoms with Crippen molar-refractivity contribution in [3.63, 3.8) is 0 Å². The van der Waals surface area contributed by atoms with Crippen molar-refractivity contribution in [2.75, 3.05) is 11.0 Å². The summed E-state index contributed by atoms with van der Waals surface area (Å²) in [5.41, 5.74) is 5.35. The first-order valence-corrected chi connectivity index (χ1v) is 4.74. The predicted octanol–water partition coefficient (Wildman–Crippen LogP) is 1.36. The molecule has 0 heterocycles. The standard InChI is InChI=1S/C6H13BIN/c1-5(3-8)2-6(7)4-9/h5-6H,2-4,9H2,1H3. The van der Waals surface area contributed by atoms with Gasteiger partial charge < -0.3 is 5.73 Å². The molecule has 3 heteroatoms. The zero-order valence-electron chi connectivity index (χ0n) is 5.81. The zero-order chi connectivity index (χ0) is 7.28. The van der Waals surface area contributed by atoms with E-state index in [1.54, 1.807) is 0 Å². The maximum Gasteiger partial charge on any atom is 0.0716 e. The summed E-state index contributed by atoms with van der Waals surface area (Å²) in [4.78, 5) is 0. The summed E-state index contributed by atoms with van der Waals surface area (Å²) in [5, 5.41) is 0. The van der Waals surface area contributed by atoms with E-state index in [4.69, 9.17) is 13.6 Å². The molecule has 9 heavy (non-hydrogen) atoms. The quantitative estimate of drug-likeness (QED) is 0.446. The van der Waals surface area contributed by atoms with Gasteiger partial charge in [0.25, 0.3) is 0 Å². The third-order valence-corrected chi connectivity index (χ3v) is 2.77. The van der Waals surface area contributed by atoms with Crippen LogP contribution in [0.1, 0.15) is 13.3 Å². The van der Waals surface area contributed by atoms with Crippen molar-refractivity contribution in [3.8, 4) is 0 Å². The van der Waals surface area contributed by atoms with Gasteiger partial charge in [0.2, 0.25) is 0 Å². The molecule has 0 aliphatic carbocycles. The largest absolute Gasteiger partial charge is 0.331 e. The van der Waals surface area contributed by atoms with Crippen molar-refractivity contribution >= 4 is 30.4 Å². The number of nitrogens with two attached hydrogens (primary N) is 1. The van der Waals surface area contributed by atoms with Gasteiger partial charge in [-0.05, 0) is 12.5 Å². The van der Waals surface area contributed by atoms with Crippen LogP contribution in [0.4, 0.5) is 0 Å². The molecule has 0 aromatic rings. The fourth-order valence-corrected chi connectivity index (χ4v) is 1.04. The molecular weight excluding hydrogens is 224 g/mol. The van der Waals surface area contributed by atoms with E-state index in [9.17, 15) is 0 Å². The van der Waals surface area contributed by atoms with E-state index < -0.39 is 0 Å². The molecule has 2 unspecified atom stereocenters. The van der Waals surface area contributed by atoms with Crippen molar-refractivity contribution in [1.82, 2.24) is 0 Å². The van der Waals surface area contributed by atoms with Crippen molar-refractivity contribution in [3.05, 3.63) is 0 Å². The van der Waals surface area contributed by atoms with Crippen molar-refractivity contribution in [1.29, 1.82) is 0 Å². The molecule has 2 N–H and O–H groups in total. The molecule has 0 saturated heterocycles. The second-order valence-electron chi connectivity index (χ2n) is 2.49. The summed E-state index contributed by atoms with van der Waals surface area (Å²) in [6, 6.07) is 0. The van der Waals surface area contributed by atoms with Gasteiger partial charge in [0.15, 0.2) is 0 Å². The maximum atomic E-state index is 5.62. The fourth-order valence-electron chi connectivity index (χ4n) is 0.676. The molecule has 2 atom stereocenters. The lowest BCUT2D eigenvalue weighted by Gasteiger charge is -2.12. The van der Waals surface area contributed by atoms with Crippen LogP contribution in [0, 0.1) is 5.92 Å². The maximum absolute atomic E-state index is 5.62. The molecule has 0 fully saturated rings. The van der Waals surface area contributed by atoms with Crippen molar-refractivity contribution in [2.24, 2.45) is 11.7 Å². The lowest BCUT2D eigenvalue weighted by atomic mass is 9.81. The van der Waals surface area contributed by atoms with Gasteiger partial charge in [-0.1, -0.05) is 41.8 Å². The van der Waals surface area contributed by atoms with Crippen LogP contribution in [0.3, 0.4) is 0 Å². The zero-order valence-corrected chi connectivity index (χ0v) is 7.97. The molecular formula is C6H13BIN. The summed E-state index contributed by atoms with van der Waals surface area (Å²) in [6.45, 7) is 2.81. The number of hydrogen-bond acceptors (Lipinski definition) is 1. The highest BCUT2D eigenvalue weighted by Crippen LogP contribution is 2.14. The van der Waals surface area contributed by atoms with Gasteiger partial charge in [-0.25, -0.2) is 0 Å². The molecule has 0 aliphatic heterocycles. The molecule has 2 radical (unpaired) electrons. The molecule has 0 saturated carbocycles. The minimum Gasteiger partial charge on any atom is -0.331 e. The van der Waals surface area contributed by atoms with Crippen LogP contribution in [0.5, 0.6) is 0 Å². The van der Waals surface area contributed by atoms with Crippen LogP contribution in [-0.4, -0.2) is 18.8 Å². The second-order valence-corrected chi connectivity index (χ2v) is 3.37. The van der Waals surface area contributed by atoms with Crippen LogP contribution >= 0.6 is 22.6 Å². The predicted molar refractivity (Wildman–Crippen MR) is 51.2 cm³/mol. The highest BCUT2D eigenvalue weighted by molar-refractivity contribution is 14.1. The Morgan fingerprint density at radius 3 is 2.56 bits per heavy atom. The summed E-state index contributed by atoms with van der Waals surface area (Å²) in [6.07, 6.45) is 1.06. The Balaban J connectivity index is 3.22. The minimum absolute atomic E-state index is 0.203. The fraction of sp³-hybridized carbons (Fsp3) is 1.00. The molecule has 0 rings (SSSR count). The van der Waals surface area contributed by atoms with Gasteiger partial charge in [-0.3, -0.25) is 0 Å². The second kappa shape index (κ2) is 5.53. The minimum atomic E-state index is 0.203. The van der Waals surface area contributed by atoms with Crippen LogP contribution < -0.4 is 5.73 Å². The van der Waals surface area contributed by atoms with Crippen molar-refractivity contribution in [2.45, 2.75) is 19.2 Å². The van der Waals surface area contributed by atoms with E-state index in [1.165, 1.54) is 4.43 Å². The van der Waals surface area contributed by atoms with Gasteiger partial charge in [-0.15, -0.1) is 0 Å². The first kappa shape index (κ1) is 9.75. The lowest BCUT2D eigenvalue weighted by molar-refractivity contribution is 0.575. The van der Waals surface area contributed by atoms with Crippen LogP contribution in [0.15, 0.2) is 0 Å². The molecule has 52 valence electrons. The summed E-state index contributed by atoms with van der Waals surface area (Å²) in [7, 11) is 5.62. The number of alkyl halides is 1. The SMILES string of the molecule is [B]C(CN)CC(C)CI. The summed E-state index contributed by atoms with van der Waals surface area (Å²) in [5.74, 6) is 0.916. The van der Waals surface area contributed by atoms with E-state index in [0.29, 0.717) is 12.5 Å². The van der Waals surface area contributed by atoms with E-state index >= 15 is 0 Å². The van der Waals surface area contributed by atoms with E-state index in [0.717, 1.165) is 6.42 Å². The van der Waals surface area contributed by atoms with Crippen molar-refractivity contribution < 1.29 is 0 Å².